The summed E-state index contributed by atoms with van der Waals surface area (Å²) in [6.07, 6.45) is 1.21. The minimum absolute atomic E-state index is 0.0503. The number of hydrogen-bond acceptors (Lipinski definition) is 7. The lowest BCUT2D eigenvalue weighted by Crippen LogP contribution is -2.40. The molecular weight excluding hydrogens is 487 g/mol. The van der Waals surface area contributed by atoms with E-state index < -0.39 is 15.6 Å². The highest BCUT2D eigenvalue weighted by Gasteiger charge is 2.32. The Bertz CT molecular complexity index is 1610. The van der Waals surface area contributed by atoms with Crippen molar-refractivity contribution < 1.29 is 17.6 Å². The lowest BCUT2D eigenvalue weighted by Gasteiger charge is -2.31. The predicted molar refractivity (Wildman–Crippen MR) is 129 cm³/mol. The number of halogens is 1. The molecule has 0 unspecified atom stereocenters. The average molecular weight is 511 g/mol. The fourth-order valence-corrected chi connectivity index (χ4v) is 5.92. The van der Waals surface area contributed by atoms with Gasteiger partial charge in [0.2, 0.25) is 10.0 Å². The van der Waals surface area contributed by atoms with Gasteiger partial charge in [-0.1, -0.05) is 29.5 Å². The lowest BCUT2D eigenvalue weighted by molar-refractivity contribution is 0.101. The number of benzene rings is 2. The fourth-order valence-electron chi connectivity index (χ4n) is 4.35. The Morgan fingerprint density at radius 1 is 1.19 bits per heavy atom. The van der Waals surface area contributed by atoms with Crippen molar-refractivity contribution in [1.29, 1.82) is 0 Å². The maximum absolute atomic E-state index is 13.3. The van der Waals surface area contributed by atoms with Gasteiger partial charge in [-0.25, -0.2) is 22.5 Å². The first-order valence-electron chi connectivity index (χ1n) is 11.4. The van der Waals surface area contributed by atoms with Crippen LogP contribution in [0.3, 0.4) is 0 Å². The number of Topliss-reactive ketones (excluding diaryl/α,β-unsaturated/α-hetero) is 1. The molecule has 1 atom stereocenters. The van der Waals surface area contributed by atoms with Gasteiger partial charge in [0, 0.05) is 24.6 Å². The van der Waals surface area contributed by atoms with E-state index in [0.29, 0.717) is 30.8 Å². The second-order valence-electron chi connectivity index (χ2n) is 8.78. The van der Waals surface area contributed by atoms with Gasteiger partial charge >= 0.3 is 0 Å². The molecule has 10 nitrogen and oxygen atoms in total. The van der Waals surface area contributed by atoms with Gasteiger partial charge in [0.25, 0.3) is 5.56 Å². The maximum Gasteiger partial charge on any atom is 0.281 e. The number of rotatable bonds is 6. The van der Waals surface area contributed by atoms with Gasteiger partial charge in [0.1, 0.15) is 11.6 Å². The third kappa shape index (κ3) is 4.56. The summed E-state index contributed by atoms with van der Waals surface area (Å²) in [5.74, 6) is -0.572. The van der Waals surface area contributed by atoms with Gasteiger partial charge in [0.15, 0.2) is 16.9 Å². The molecule has 4 aromatic rings. The van der Waals surface area contributed by atoms with Crippen LogP contribution in [-0.2, 0) is 16.6 Å². The second kappa shape index (κ2) is 9.36. The van der Waals surface area contributed by atoms with Gasteiger partial charge in [-0.05, 0) is 49.6 Å². The largest absolute Gasteiger partial charge is 0.308 e. The van der Waals surface area contributed by atoms with Crippen LogP contribution in [0.4, 0.5) is 4.39 Å². The Hall–Kier alpha value is -3.77. The molecule has 1 aliphatic rings. The van der Waals surface area contributed by atoms with Crippen molar-refractivity contribution in [2.75, 3.05) is 13.1 Å². The van der Waals surface area contributed by atoms with E-state index in [1.807, 2.05) is 0 Å². The van der Waals surface area contributed by atoms with Gasteiger partial charge < -0.3 is 4.98 Å². The molecule has 1 fully saturated rings. The summed E-state index contributed by atoms with van der Waals surface area (Å²) in [7, 11) is -3.85. The number of aromatic nitrogens is 5. The van der Waals surface area contributed by atoms with Crippen molar-refractivity contribution in [2.45, 2.75) is 37.1 Å². The van der Waals surface area contributed by atoms with Crippen molar-refractivity contribution in [3.05, 3.63) is 81.7 Å². The van der Waals surface area contributed by atoms with E-state index in [0.717, 1.165) is 5.56 Å². The molecule has 0 aliphatic carbocycles. The first kappa shape index (κ1) is 23.9. The highest BCUT2D eigenvalue weighted by atomic mass is 32.2. The lowest BCUT2D eigenvalue weighted by atomic mass is 9.99. The number of piperidine rings is 1. The standard InChI is InChI=1S/C24H23FN6O4S/c1-15(32)17-4-2-6-20(12-17)36(34,35)30-11-3-5-18(14-30)22-26-23-21(24(33)27-22)28-29-31(23)13-16-7-9-19(25)10-8-16/h2,4,6-10,12,18H,3,5,11,13-14H2,1H3,(H,26,27,33)/t18-/m0/s1. The quantitative estimate of drug-likeness (QED) is 0.394. The molecule has 12 heteroatoms. The third-order valence-electron chi connectivity index (χ3n) is 6.29. The molecule has 3 heterocycles. The Morgan fingerprint density at radius 3 is 2.72 bits per heavy atom. The van der Waals surface area contributed by atoms with Gasteiger partial charge in [-0.2, -0.15) is 4.31 Å². The summed E-state index contributed by atoms with van der Waals surface area (Å²) in [6.45, 7) is 2.07. The molecule has 1 N–H and O–H groups in total. The van der Waals surface area contributed by atoms with E-state index in [2.05, 4.69) is 20.3 Å². The highest BCUT2D eigenvalue weighted by Crippen LogP contribution is 2.29. The molecular formula is C24H23FN6O4S. The first-order valence-corrected chi connectivity index (χ1v) is 12.9. The molecule has 2 aromatic heterocycles. The maximum atomic E-state index is 13.3. The topological polar surface area (TPSA) is 131 Å². The van der Waals surface area contributed by atoms with Crippen molar-refractivity contribution in [1.82, 2.24) is 29.3 Å². The minimum atomic E-state index is -3.85. The van der Waals surface area contributed by atoms with Crippen LogP contribution < -0.4 is 5.56 Å². The number of ketones is 1. The molecule has 0 spiro atoms. The van der Waals surface area contributed by atoms with E-state index in [1.54, 1.807) is 24.3 Å². The third-order valence-corrected chi connectivity index (χ3v) is 8.15. The highest BCUT2D eigenvalue weighted by molar-refractivity contribution is 7.89. The number of H-pyrrole nitrogens is 1. The summed E-state index contributed by atoms with van der Waals surface area (Å²) in [4.78, 5) is 31.9. The number of fused-ring (bicyclic) bond motifs is 1. The van der Waals surface area contributed by atoms with Crippen molar-refractivity contribution in [3.63, 3.8) is 0 Å². The predicted octanol–water partition coefficient (Wildman–Crippen LogP) is 2.47. The Balaban J connectivity index is 1.44. The normalized spacial score (nSPS) is 16.9. The number of nitrogens with zero attached hydrogens (tertiary/aromatic N) is 5. The zero-order valence-corrected chi connectivity index (χ0v) is 20.2. The number of aromatic amines is 1. The number of carbonyl (C=O) groups excluding carboxylic acids is 1. The second-order valence-corrected chi connectivity index (χ2v) is 10.7. The molecule has 0 saturated carbocycles. The molecule has 1 aliphatic heterocycles. The van der Waals surface area contributed by atoms with E-state index in [1.165, 1.54) is 40.2 Å². The van der Waals surface area contributed by atoms with Gasteiger partial charge in [0.05, 0.1) is 11.4 Å². The van der Waals surface area contributed by atoms with Crippen molar-refractivity contribution in [3.8, 4) is 0 Å². The van der Waals surface area contributed by atoms with E-state index in [9.17, 15) is 22.4 Å². The number of hydrogen-bond donors (Lipinski definition) is 1. The van der Waals surface area contributed by atoms with Gasteiger partial charge in [-0.15, -0.1) is 5.10 Å². The zero-order valence-electron chi connectivity index (χ0n) is 19.4. The summed E-state index contributed by atoms with van der Waals surface area (Å²) in [5, 5.41) is 7.97. The molecule has 36 heavy (non-hydrogen) atoms. The van der Waals surface area contributed by atoms with Crippen LogP contribution in [0.25, 0.3) is 11.2 Å². The number of sulfonamides is 1. The van der Waals surface area contributed by atoms with Gasteiger partial charge in [-0.3, -0.25) is 9.59 Å². The molecule has 2 aromatic carbocycles. The molecule has 5 rings (SSSR count). The van der Waals surface area contributed by atoms with Crippen LogP contribution in [0.1, 0.15) is 47.4 Å². The summed E-state index contributed by atoms with van der Waals surface area (Å²) >= 11 is 0. The van der Waals surface area contributed by atoms with Crippen LogP contribution in [0.5, 0.6) is 0 Å². The van der Waals surface area contributed by atoms with E-state index >= 15 is 0 Å². The van der Waals surface area contributed by atoms with Crippen LogP contribution in [0.15, 0.2) is 58.2 Å². The van der Waals surface area contributed by atoms with Crippen LogP contribution in [0.2, 0.25) is 0 Å². The zero-order chi connectivity index (χ0) is 25.4. The Morgan fingerprint density at radius 2 is 1.97 bits per heavy atom. The summed E-state index contributed by atoms with van der Waals surface area (Å²) in [6, 6.07) is 11.9. The Labute approximate surface area is 205 Å². The monoisotopic (exact) mass is 510 g/mol. The van der Waals surface area contributed by atoms with Crippen molar-refractivity contribution >= 4 is 27.0 Å². The molecule has 0 radical (unpaired) electrons. The molecule has 0 amide bonds. The smallest absolute Gasteiger partial charge is 0.281 e. The number of carbonyl (C=O) groups is 1. The molecule has 186 valence electrons. The molecule has 1 saturated heterocycles. The fraction of sp³-hybridized carbons (Fsp3) is 0.292. The Kier molecular flexibility index (Phi) is 6.22. The van der Waals surface area contributed by atoms with E-state index in [-0.39, 0.29) is 46.7 Å². The van der Waals surface area contributed by atoms with Crippen LogP contribution >= 0.6 is 0 Å². The van der Waals surface area contributed by atoms with Crippen LogP contribution in [-0.4, -0.2) is 56.6 Å². The van der Waals surface area contributed by atoms with E-state index in [4.69, 9.17) is 0 Å². The summed E-state index contributed by atoms with van der Waals surface area (Å²) < 4.78 is 42.7. The summed E-state index contributed by atoms with van der Waals surface area (Å²) in [5.41, 5.74) is 0.960. The minimum Gasteiger partial charge on any atom is -0.308 e. The average Bonchev–Trinajstić information content (AvgIpc) is 3.28. The molecule has 0 bridgehead atoms. The van der Waals surface area contributed by atoms with Crippen LogP contribution in [0, 0.1) is 5.82 Å². The SMILES string of the molecule is CC(=O)c1cccc(S(=O)(=O)N2CCC[C@H](c3nc4c(nnn4Cc4ccc(F)cc4)c(=O)[nH]3)C2)c1. The van der Waals surface area contributed by atoms with Crippen molar-refractivity contribution in [2.24, 2.45) is 0 Å². The first-order chi connectivity index (χ1) is 17.2. The number of nitrogens with one attached hydrogen (secondary N) is 1.